The minimum absolute atomic E-state index is 0.0898. The molecule has 6 heteroatoms. The third-order valence-electron chi connectivity index (χ3n) is 5.28. The van der Waals surface area contributed by atoms with Crippen LogP contribution in [0.25, 0.3) is 0 Å². The van der Waals surface area contributed by atoms with Gasteiger partial charge in [-0.25, -0.2) is 9.18 Å². The van der Waals surface area contributed by atoms with Gasteiger partial charge in [0.2, 0.25) is 0 Å². The van der Waals surface area contributed by atoms with Crippen LogP contribution in [0.15, 0.2) is 24.3 Å². The Balaban J connectivity index is 1.42. The predicted octanol–water partition coefficient (Wildman–Crippen LogP) is 4.09. The van der Waals surface area contributed by atoms with Crippen LogP contribution >= 0.6 is 11.8 Å². The van der Waals surface area contributed by atoms with Gasteiger partial charge in [0.05, 0.1) is 0 Å². The van der Waals surface area contributed by atoms with E-state index in [2.05, 4.69) is 16.9 Å². The summed E-state index contributed by atoms with van der Waals surface area (Å²) in [7, 11) is 0. The number of benzene rings is 1. The molecule has 1 saturated carbocycles. The summed E-state index contributed by atoms with van der Waals surface area (Å²) in [5.41, 5.74) is 0.939. The molecule has 4 nitrogen and oxygen atoms in total. The molecule has 0 aromatic heterocycles. The normalized spacial score (nSPS) is 24.8. The van der Waals surface area contributed by atoms with E-state index in [0.717, 1.165) is 44.5 Å². The van der Waals surface area contributed by atoms with E-state index in [4.69, 9.17) is 0 Å². The first kappa shape index (κ1) is 18.4. The fourth-order valence-corrected chi connectivity index (χ4v) is 4.59. The van der Waals surface area contributed by atoms with Crippen LogP contribution in [0.2, 0.25) is 0 Å². The van der Waals surface area contributed by atoms with Gasteiger partial charge in [0, 0.05) is 36.1 Å². The Hall–Kier alpha value is -1.43. The summed E-state index contributed by atoms with van der Waals surface area (Å²) in [6, 6.07) is 7.22. The molecule has 1 aliphatic carbocycles. The van der Waals surface area contributed by atoms with Crippen molar-refractivity contribution >= 4 is 23.5 Å². The zero-order valence-electron chi connectivity index (χ0n) is 14.8. The molecule has 25 heavy (non-hydrogen) atoms. The molecule has 0 spiro atoms. The summed E-state index contributed by atoms with van der Waals surface area (Å²) in [6.07, 6.45) is 8.68. The average molecular weight is 366 g/mol. The number of thioether (sulfide) groups is 1. The van der Waals surface area contributed by atoms with Gasteiger partial charge in [0.15, 0.2) is 0 Å². The molecule has 2 atom stereocenters. The summed E-state index contributed by atoms with van der Waals surface area (Å²) < 4.78 is 13.0. The van der Waals surface area contributed by atoms with Gasteiger partial charge in [0.1, 0.15) is 5.82 Å². The first-order chi connectivity index (χ1) is 12.1. The number of piperidine rings is 1. The Bertz CT molecular complexity index is 560. The van der Waals surface area contributed by atoms with E-state index in [1.165, 1.54) is 25.0 Å². The van der Waals surface area contributed by atoms with Crippen molar-refractivity contribution in [2.24, 2.45) is 0 Å². The molecule has 1 heterocycles. The fourth-order valence-electron chi connectivity index (χ4n) is 3.76. The third-order valence-corrected chi connectivity index (χ3v) is 6.38. The van der Waals surface area contributed by atoms with E-state index < -0.39 is 0 Å². The molecule has 2 aliphatic rings. The van der Waals surface area contributed by atoms with Crippen LogP contribution in [0.3, 0.4) is 0 Å². The lowest BCUT2D eigenvalue weighted by Crippen LogP contribution is -2.50. The van der Waals surface area contributed by atoms with Crippen molar-refractivity contribution in [2.45, 2.75) is 55.9 Å². The molecule has 0 bridgehead atoms. The molecule has 1 aromatic carbocycles. The number of hydrogen-bond acceptors (Lipinski definition) is 3. The quantitative estimate of drug-likeness (QED) is 0.845. The van der Waals surface area contributed by atoms with Gasteiger partial charge in [-0.3, -0.25) is 0 Å². The van der Waals surface area contributed by atoms with Gasteiger partial charge in [-0.1, -0.05) is 6.42 Å². The van der Waals surface area contributed by atoms with E-state index in [1.54, 1.807) is 12.1 Å². The van der Waals surface area contributed by atoms with Crippen LogP contribution in [-0.2, 0) is 0 Å². The molecule has 2 amide bonds. The van der Waals surface area contributed by atoms with Gasteiger partial charge in [-0.15, -0.1) is 0 Å². The number of rotatable bonds is 4. The summed E-state index contributed by atoms with van der Waals surface area (Å²) in [5.74, 6) is -0.219. The lowest BCUT2D eigenvalue weighted by Gasteiger charge is -2.35. The van der Waals surface area contributed by atoms with Crippen molar-refractivity contribution in [1.82, 2.24) is 10.2 Å². The zero-order valence-corrected chi connectivity index (χ0v) is 15.7. The Morgan fingerprint density at radius 3 is 2.52 bits per heavy atom. The molecule has 2 N–H and O–H groups in total. The topological polar surface area (TPSA) is 44.4 Å². The predicted molar refractivity (Wildman–Crippen MR) is 103 cm³/mol. The standard InChI is InChI=1S/C19H28FN3OS/c1-25-18-4-2-3-17(13-18)22-19(24)23-11-9-16(10-12-23)21-15-7-5-14(20)6-8-15/h5-8,16-18,21H,2-4,9-13H2,1H3,(H,22,24)/t17-,18-/m0/s1. The largest absolute Gasteiger partial charge is 0.382 e. The summed E-state index contributed by atoms with van der Waals surface area (Å²) >= 11 is 1.92. The lowest BCUT2D eigenvalue weighted by atomic mass is 9.95. The third kappa shape index (κ3) is 5.27. The second kappa shape index (κ2) is 8.79. The molecular formula is C19H28FN3OS. The molecule has 1 saturated heterocycles. The SMILES string of the molecule is CS[C@H]1CCC[C@H](NC(=O)N2CCC(Nc3ccc(F)cc3)CC2)C1. The Morgan fingerprint density at radius 1 is 1.12 bits per heavy atom. The van der Waals surface area contributed by atoms with Crippen molar-refractivity contribution in [1.29, 1.82) is 0 Å². The summed E-state index contributed by atoms with van der Waals surface area (Å²) in [4.78, 5) is 14.4. The van der Waals surface area contributed by atoms with E-state index in [9.17, 15) is 9.18 Å². The Labute approximate surface area is 153 Å². The summed E-state index contributed by atoms with van der Waals surface area (Å²) in [5, 5.41) is 7.35. The highest BCUT2D eigenvalue weighted by atomic mass is 32.2. The average Bonchev–Trinajstić information content (AvgIpc) is 2.64. The number of amides is 2. The maximum Gasteiger partial charge on any atom is 0.317 e. The molecule has 2 fully saturated rings. The van der Waals surface area contributed by atoms with Crippen LogP contribution < -0.4 is 10.6 Å². The minimum Gasteiger partial charge on any atom is -0.382 e. The van der Waals surface area contributed by atoms with Crippen LogP contribution in [-0.4, -0.2) is 47.6 Å². The van der Waals surface area contributed by atoms with Gasteiger partial charge < -0.3 is 15.5 Å². The number of halogens is 1. The van der Waals surface area contributed by atoms with Crippen molar-refractivity contribution in [3.8, 4) is 0 Å². The van der Waals surface area contributed by atoms with Crippen LogP contribution in [0.5, 0.6) is 0 Å². The van der Waals surface area contributed by atoms with E-state index in [-0.39, 0.29) is 11.8 Å². The molecule has 1 aromatic rings. The Kier molecular flexibility index (Phi) is 6.45. The second-order valence-electron chi connectivity index (χ2n) is 7.08. The van der Waals surface area contributed by atoms with Crippen molar-refractivity contribution < 1.29 is 9.18 Å². The molecule has 0 radical (unpaired) electrons. The molecule has 3 rings (SSSR count). The number of urea groups is 1. The zero-order chi connectivity index (χ0) is 17.6. The smallest absolute Gasteiger partial charge is 0.317 e. The van der Waals surface area contributed by atoms with Crippen LogP contribution in [0, 0.1) is 5.82 Å². The first-order valence-corrected chi connectivity index (χ1v) is 10.5. The fraction of sp³-hybridized carbons (Fsp3) is 0.632. The van der Waals surface area contributed by atoms with E-state index in [1.807, 2.05) is 16.7 Å². The van der Waals surface area contributed by atoms with Crippen molar-refractivity contribution in [3.05, 3.63) is 30.1 Å². The number of nitrogens with zero attached hydrogens (tertiary/aromatic N) is 1. The van der Waals surface area contributed by atoms with Crippen molar-refractivity contribution in [2.75, 3.05) is 24.7 Å². The number of likely N-dealkylation sites (tertiary alicyclic amines) is 1. The maximum absolute atomic E-state index is 13.0. The minimum atomic E-state index is -0.219. The second-order valence-corrected chi connectivity index (χ2v) is 8.22. The number of anilines is 1. The van der Waals surface area contributed by atoms with E-state index >= 15 is 0 Å². The Morgan fingerprint density at radius 2 is 1.84 bits per heavy atom. The van der Waals surface area contributed by atoms with Crippen molar-refractivity contribution in [3.63, 3.8) is 0 Å². The highest BCUT2D eigenvalue weighted by molar-refractivity contribution is 7.99. The lowest BCUT2D eigenvalue weighted by molar-refractivity contribution is 0.177. The highest BCUT2D eigenvalue weighted by Crippen LogP contribution is 2.27. The number of carbonyl (C=O) groups excluding carboxylic acids is 1. The molecule has 1 aliphatic heterocycles. The van der Waals surface area contributed by atoms with Gasteiger partial charge in [0.25, 0.3) is 0 Å². The van der Waals surface area contributed by atoms with Gasteiger partial charge in [-0.2, -0.15) is 11.8 Å². The highest BCUT2D eigenvalue weighted by Gasteiger charge is 2.27. The number of carbonyl (C=O) groups is 1. The number of nitrogens with one attached hydrogen (secondary N) is 2. The molecular weight excluding hydrogens is 337 g/mol. The molecule has 0 unspecified atom stereocenters. The molecule has 138 valence electrons. The maximum atomic E-state index is 13.0. The van der Waals surface area contributed by atoms with Gasteiger partial charge in [-0.05, 0) is 62.6 Å². The van der Waals surface area contributed by atoms with Crippen LogP contribution in [0.1, 0.15) is 38.5 Å². The van der Waals surface area contributed by atoms with Crippen LogP contribution in [0.4, 0.5) is 14.9 Å². The first-order valence-electron chi connectivity index (χ1n) is 9.24. The monoisotopic (exact) mass is 365 g/mol. The number of hydrogen-bond donors (Lipinski definition) is 2. The summed E-state index contributed by atoms with van der Waals surface area (Å²) in [6.45, 7) is 1.53. The van der Waals surface area contributed by atoms with Gasteiger partial charge >= 0.3 is 6.03 Å². The van der Waals surface area contributed by atoms with E-state index in [0.29, 0.717) is 17.3 Å².